The number of carbonyl (C=O) groups is 1. The van der Waals surface area contributed by atoms with Crippen molar-refractivity contribution in [1.29, 1.82) is 0 Å². The number of nitrogens with one attached hydrogen (secondary N) is 2. The number of alkyl halides is 3. The Morgan fingerprint density at radius 3 is 2.43 bits per heavy atom. The molecule has 0 fully saturated rings. The molecule has 3 aromatic carbocycles. The maximum absolute atomic E-state index is 13.1. The lowest BCUT2D eigenvalue weighted by Gasteiger charge is -2.10. The number of carbonyl (C=O) groups excluding carboxylic acids is 1. The van der Waals surface area contributed by atoms with Crippen LogP contribution < -0.4 is 10.1 Å². The summed E-state index contributed by atoms with van der Waals surface area (Å²) in [6.07, 6.45) is -1.30. The van der Waals surface area contributed by atoms with Crippen molar-refractivity contribution >= 4 is 33.8 Å². The minimum Gasteiger partial charge on any atom is -0.497 e. The number of hydrogen-bond donors (Lipinski definition) is 2. The molecule has 0 radical (unpaired) electrons. The van der Waals surface area contributed by atoms with Crippen molar-refractivity contribution in [2.75, 3.05) is 7.11 Å². The molecular formula is C29H22F3N3O2. The maximum Gasteiger partial charge on any atom is 0.416 e. The molecule has 1 amide bonds. The molecule has 0 aliphatic heterocycles. The number of rotatable bonds is 6. The first-order valence-electron chi connectivity index (χ1n) is 11.5. The van der Waals surface area contributed by atoms with Crippen molar-refractivity contribution in [1.82, 2.24) is 15.3 Å². The van der Waals surface area contributed by atoms with Gasteiger partial charge in [-0.25, -0.2) is 4.98 Å². The first-order chi connectivity index (χ1) is 17.8. The van der Waals surface area contributed by atoms with Gasteiger partial charge in [0.15, 0.2) is 0 Å². The number of pyridine rings is 1. The van der Waals surface area contributed by atoms with E-state index in [0.717, 1.165) is 45.3 Å². The van der Waals surface area contributed by atoms with Crippen LogP contribution in [0, 0.1) is 0 Å². The molecule has 0 saturated heterocycles. The van der Waals surface area contributed by atoms with Crippen molar-refractivity contribution in [2.24, 2.45) is 0 Å². The predicted molar refractivity (Wildman–Crippen MR) is 138 cm³/mol. The Labute approximate surface area is 210 Å². The van der Waals surface area contributed by atoms with E-state index in [2.05, 4.69) is 10.3 Å². The number of ether oxygens (including phenoxy) is 1. The highest BCUT2D eigenvalue weighted by atomic mass is 19.4. The minimum atomic E-state index is -4.42. The lowest BCUT2D eigenvalue weighted by molar-refractivity contribution is -0.137. The molecule has 5 aromatic rings. The Morgan fingerprint density at radius 2 is 1.73 bits per heavy atom. The summed E-state index contributed by atoms with van der Waals surface area (Å²) in [7, 11) is 1.59. The number of aromatic amines is 1. The Bertz CT molecular complexity index is 1600. The van der Waals surface area contributed by atoms with Gasteiger partial charge in [0.05, 0.1) is 36.1 Å². The van der Waals surface area contributed by atoms with Crippen LogP contribution in [0.1, 0.15) is 16.8 Å². The Morgan fingerprint density at radius 1 is 1.00 bits per heavy atom. The summed E-state index contributed by atoms with van der Waals surface area (Å²) in [5, 5.41) is 4.66. The molecule has 2 aromatic heterocycles. The quantitative estimate of drug-likeness (QED) is 0.253. The molecule has 8 heteroatoms. The second-order valence-electron chi connectivity index (χ2n) is 8.45. The normalized spacial score (nSPS) is 11.9. The lowest BCUT2D eigenvalue weighted by atomic mass is 10.0. The van der Waals surface area contributed by atoms with Crippen LogP contribution in [0.5, 0.6) is 5.75 Å². The summed E-state index contributed by atoms with van der Waals surface area (Å²) in [5.74, 6) is 0.428. The number of methoxy groups -OCH3 is 1. The highest BCUT2D eigenvalue weighted by Crippen LogP contribution is 2.35. The largest absolute Gasteiger partial charge is 0.497 e. The van der Waals surface area contributed by atoms with Crippen molar-refractivity contribution in [3.8, 4) is 17.0 Å². The first kappa shape index (κ1) is 24.1. The van der Waals surface area contributed by atoms with E-state index in [1.165, 1.54) is 18.2 Å². The fourth-order valence-corrected chi connectivity index (χ4v) is 4.14. The topological polar surface area (TPSA) is 67.0 Å². The maximum atomic E-state index is 13.1. The van der Waals surface area contributed by atoms with Gasteiger partial charge in [-0.2, -0.15) is 13.2 Å². The fraction of sp³-hybridized carbons (Fsp3) is 0.103. The van der Waals surface area contributed by atoms with Crippen LogP contribution in [-0.4, -0.2) is 23.0 Å². The number of fused-ring (bicyclic) bond motifs is 3. The predicted octanol–water partition coefficient (Wildman–Crippen LogP) is 6.74. The fourth-order valence-electron chi connectivity index (χ4n) is 4.14. The van der Waals surface area contributed by atoms with E-state index in [9.17, 15) is 18.0 Å². The summed E-state index contributed by atoms with van der Waals surface area (Å²) < 4.78 is 44.4. The standard InChI is InChI=1S/C29H22F3N3O2/c1-37-22-13-6-18(7-14-22)8-15-26(36)33-17-21-16-24-23-4-2-3-5-25(23)35-28(24)27(34-21)19-9-11-20(12-10-19)29(30,31)32/h2-16,35H,17H2,1H3,(H,33,36)/b15-8+. The second kappa shape index (κ2) is 9.81. The number of aromatic nitrogens is 2. The van der Waals surface area contributed by atoms with Crippen LogP contribution >= 0.6 is 0 Å². The van der Waals surface area contributed by atoms with Gasteiger partial charge in [-0.15, -0.1) is 0 Å². The van der Waals surface area contributed by atoms with Crippen LogP contribution in [0.4, 0.5) is 13.2 Å². The van der Waals surface area contributed by atoms with Crippen molar-refractivity contribution in [3.05, 3.63) is 102 Å². The van der Waals surface area contributed by atoms with Gasteiger partial charge in [0.1, 0.15) is 5.75 Å². The third-order valence-electron chi connectivity index (χ3n) is 6.02. The number of H-pyrrole nitrogens is 1. The molecule has 186 valence electrons. The summed E-state index contributed by atoms with van der Waals surface area (Å²) in [6, 6.07) is 21.8. The average molecular weight is 502 g/mol. The van der Waals surface area contributed by atoms with Gasteiger partial charge >= 0.3 is 6.18 Å². The van der Waals surface area contributed by atoms with Crippen LogP contribution in [0.15, 0.2) is 84.9 Å². The number of amides is 1. The van der Waals surface area contributed by atoms with Gasteiger partial charge in [0.2, 0.25) is 5.91 Å². The number of halogens is 3. The molecule has 2 N–H and O–H groups in total. The van der Waals surface area contributed by atoms with Gasteiger partial charge in [0.25, 0.3) is 0 Å². The van der Waals surface area contributed by atoms with Crippen LogP contribution in [-0.2, 0) is 17.5 Å². The van der Waals surface area contributed by atoms with Gasteiger partial charge in [-0.05, 0) is 48.0 Å². The average Bonchev–Trinajstić information content (AvgIpc) is 3.29. The van der Waals surface area contributed by atoms with Crippen LogP contribution in [0.25, 0.3) is 39.1 Å². The van der Waals surface area contributed by atoms with E-state index in [-0.39, 0.29) is 12.5 Å². The SMILES string of the molecule is COc1ccc(/C=C/C(=O)NCc2cc3c([nH]c4ccccc43)c(-c3ccc(C(F)(F)F)cc3)n2)cc1. The van der Waals surface area contributed by atoms with E-state index >= 15 is 0 Å². The van der Waals surface area contributed by atoms with E-state index in [0.29, 0.717) is 17.0 Å². The molecule has 5 rings (SSSR count). The van der Waals surface area contributed by atoms with Crippen molar-refractivity contribution in [2.45, 2.75) is 12.7 Å². The number of benzene rings is 3. The van der Waals surface area contributed by atoms with Gasteiger partial charge < -0.3 is 15.0 Å². The Kier molecular flexibility index (Phi) is 6.40. The molecular weight excluding hydrogens is 479 g/mol. The molecule has 37 heavy (non-hydrogen) atoms. The number of para-hydroxylation sites is 1. The first-order valence-corrected chi connectivity index (χ1v) is 11.5. The minimum absolute atomic E-state index is 0.148. The monoisotopic (exact) mass is 501 g/mol. The van der Waals surface area contributed by atoms with E-state index in [1.807, 2.05) is 42.5 Å². The molecule has 0 aliphatic rings. The Balaban J connectivity index is 1.44. The summed E-state index contributed by atoms with van der Waals surface area (Å²) in [5.41, 5.74) is 3.36. The van der Waals surface area contributed by atoms with Gasteiger partial charge in [-0.1, -0.05) is 42.5 Å². The second-order valence-corrected chi connectivity index (χ2v) is 8.45. The molecule has 0 bridgehead atoms. The van der Waals surface area contributed by atoms with Crippen LogP contribution in [0.2, 0.25) is 0 Å². The van der Waals surface area contributed by atoms with E-state index in [1.54, 1.807) is 25.3 Å². The zero-order valence-electron chi connectivity index (χ0n) is 19.8. The highest BCUT2D eigenvalue weighted by Gasteiger charge is 2.30. The number of hydrogen-bond acceptors (Lipinski definition) is 3. The molecule has 0 atom stereocenters. The third-order valence-corrected chi connectivity index (χ3v) is 6.02. The van der Waals surface area contributed by atoms with Crippen molar-refractivity contribution in [3.63, 3.8) is 0 Å². The molecule has 0 unspecified atom stereocenters. The molecule has 0 aliphatic carbocycles. The van der Waals surface area contributed by atoms with Gasteiger partial charge in [0, 0.05) is 27.9 Å². The number of nitrogens with zero attached hydrogens (tertiary/aromatic N) is 1. The Hall–Kier alpha value is -4.59. The molecule has 0 saturated carbocycles. The molecule has 5 nitrogen and oxygen atoms in total. The van der Waals surface area contributed by atoms with Gasteiger partial charge in [-0.3, -0.25) is 4.79 Å². The highest BCUT2D eigenvalue weighted by molar-refractivity contribution is 6.11. The zero-order valence-corrected chi connectivity index (χ0v) is 19.8. The molecule has 0 spiro atoms. The van der Waals surface area contributed by atoms with Crippen LogP contribution in [0.3, 0.4) is 0 Å². The molecule has 2 heterocycles. The summed E-state index contributed by atoms with van der Waals surface area (Å²) >= 11 is 0. The van der Waals surface area contributed by atoms with E-state index in [4.69, 9.17) is 9.72 Å². The summed E-state index contributed by atoms with van der Waals surface area (Å²) in [4.78, 5) is 20.5. The third kappa shape index (κ3) is 5.18. The zero-order chi connectivity index (χ0) is 26.0. The van der Waals surface area contributed by atoms with E-state index < -0.39 is 11.7 Å². The lowest BCUT2D eigenvalue weighted by Crippen LogP contribution is -2.21. The smallest absolute Gasteiger partial charge is 0.416 e. The van der Waals surface area contributed by atoms with Crippen molar-refractivity contribution < 1.29 is 22.7 Å². The summed E-state index contributed by atoms with van der Waals surface area (Å²) in [6.45, 7) is 0.148.